The zero-order valence-electron chi connectivity index (χ0n) is 23.1. The number of carbonyl (C=O) groups is 1. The maximum Gasteiger partial charge on any atom is 0.259 e. The van der Waals surface area contributed by atoms with Gasteiger partial charge in [0.05, 0.1) is 42.6 Å². The van der Waals surface area contributed by atoms with Gasteiger partial charge in [-0.2, -0.15) is 5.10 Å². The molecule has 10 heteroatoms. The monoisotopic (exact) mass is 556 g/mol. The molecule has 0 aromatic carbocycles. The van der Waals surface area contributed by atoms with E-state index in [1.54, 1.807) is 19.3 Å². The molecule has 39 heavy (non-hydrogen) atoms. The molecule has 210 valence electrons. The lowest BCUT2D eigenvalue weighted by atomic mass is 9.82. The minimum absolute atomic E-state index is 0. The number of hydrogen-bond acceptors (Lipinski definition) is 6. The number of ether oxygens (including phenoxy) is 1. The van der Waals surface area contributed by atoms with Crippen LogP contribution in [-0.2, 0) is 4.74 Å². The van der Waals surface area contributed by atoms with E-state index in [0.29, 0.717) is 28.9 Å². The van der Waals surface area contributed by atoms with Crippen LogP contribution in [0.3, 0.4) is 0 Å². The fourth-order valence-electron chi connectivity index (χ4n) is 5.70. The number of nitrogens with zero attached hydrogens (tertiary/aromatic N) is 5. The molecule has 0 bridgehead atoms. The summed E-state index contributed by atoms with van der Waals surface area (Å²) in [5.74, 6) is -0.0884. The molecule has 0 spiro atoms. The normalized spacial score (nSPS) is 20.1. The molecular weight excluding hydrogens is 519 g/mol. The summed E-state index contributed by atoms with van der Waals surface area (Å²) in [5.41, 5.74) is 4.54. The molecule has 1 amide bonds. The second-order valence-corrected chi connectivity index (χ2v) is 10.8. The molecule has 2 aliphatic rings. The van der Waals surface area contributed by atoms with Gasteiger partial charge in [-0.25, -0.2) is 14.1 Å². The van der Waals surface area contributed by atoms with Gasteiger partial charge in [-0.15, -0.1) is 12.4 Å². The minimum Gasteiger partial charge on any atom is -0.379 e. The maximum absolute atomic E-state index is 14.7. The fourth-order valence-corrected chi connectivity index (χ4v) is 5.70. The molecule has 0 atom stereocenters. The molecule has 1 aliphatic carbocycles. The third kappa shape index (κ3) is 6.31. The standard InChI is InChI=1S/C29H37FN6O2.ClH/c1-18(2)22-14-26(30)28(32-15-22)36-20(4)25(17-33-36)29(37)34-23-13-19(3)27(31-16-23)21-5-7-24(8-6-21)35-9-11-38-12-10-35;/h13-18,21,24H,5-12H2,1-4H3,(H,34,37);1H/t21-,24-;. The molecule has 1 N–H and O–H groups in total. The van der Waals surface area contributed by atoms with Crippen LogP contribution >= 0.6 is 12.4 Å². The highest BCUT2D eigenvalue weighted by Crippen LogP contribution is 2.36. The van der Waals surface area contributed by atoms with E-state index in [1.807, 2.05) is 19.9 Å². The van der Waals surface area contributed by atoms with Gasteiger partial charge in [0.1, 0.15) is 0 Å². The van der Waals surface area contributed by atoms with E-state index in [2.05, 4.69) is 27.2 Å². The molecule has 1 aliphatic heterocycles. The van der Waals surface area contributed by atoms with Crippen LogP contribution in [0.1, 0.15) is 84.2 Å². The molecular formula is C29H38ClFN6O2. The predicted molar refractivity (Wildman–Crippen MR) is 152 cm³/mol. The van der Waals surface area contributed by atoms with E-state index in [0.717, 1.165) is 56.0 Å². The van der Waals surface area contributed by atoms with Crippen molar-refractivity contribution in [2.24, 2.45) is 0 Å². The number of rotatable bonds is 6. The lowest BCUT2D eigenvalue weighted by Crippen LogP contribution is -2.44. The molecule has 0 radical (unpaired) electrons. The van der Waals surface area contributed by atoms with Crippen molar-refractivity contribution in [1.29, 1.82) is 0 Å². The summed E-state index contributed by atoms with van der Waals surface area (Å²) in [5, 5.41) is 7.18. The number of pyridine rings is 2. The van der Waals surface area contributed by atoms with Crippen LogP contribution in [0.2, 0.25) is 0 Å². The van der Waals surface area contributed by atoms with Crippen LogP contribution in [0, 0.1) is 19.7 Å². The molecule has 1 saturated heterocycles. The Morgan fingerprint density at radius 3 is 2.41 bits per heavy atom. The first-order valence-electron chi connectivity index (χ1n) is 13.6. The first-order chi connectivity index (χ1) is 18.3. The Morgan fingerprint density at radius 2 is 1.77 bits per heavy atom. The second kappa shape index (κ2) is 12.5. The van der Waals surface area contributed by atoms with E-state index in [1.165, 1.54) is 29.8 Å². The summed E-state index contributed by atoms with van der Waals surface area (Å²) < 4.78 is 21.6. The van der Waals surface area contributed by atoms with Crippen molar-refractivity contribution in [3.63, 3.8) is 0 Å². The third-order valence-electron chi connectivity index (χ3n) is 7.99. The van der Waals surface area contributed by atoms with Gasteiger partial charge in [-0.1, -0.05) is 13.8 Å². The summed E-state index contributed by atoms with van der Waals surface area (Å²) >= 11 is 0. The van der Waals surface area contributed by atoms with Crippen molar-refractivity contribution in [3.05, 3.63) is 64.6 Å². The number of aryl methyl sites for hydroxylation is 1. The van der Waals surface area contributed by atoms with Crippen molar-refractivity contribution in [3.8, 4) is 5.82 Å². The number of morpholine rings is 1. The Labute approximate surface area is 235 Å². The van der Waals surface area contributed by atoms with Crippen LogP contribution < -0.4 is 5.32 Å². The van der Waals surface area contributed by atoms with Crippen LogP contribution in [-0.4, -0.2) is 62.9 Å². The fraction of sp³-hybridized carbons (Fsp3) is 0.517. The molecule has 0 unspecified atom stereocenters. The van der Waals surface area contributed by atoms with Gasteiger partial charge in [-0.3, -0.25) is 14.7 Å². The van der Waals surface area contributed by atoms with Crippen molar-refractivity contribution < 1.29 is 13.9 Å². The predicted octanol–water partition coefficient (Wildman–Crippen LogP) is 5.57. The van der Waals surface area contributed by atoms with E-state index in [9.17, 15) is 9.18 Å². The molecule has 8 nitrogen and oxygen atoms in total. The van der Waals surface area contributed by atoms with Gasteiger partial charge >= 0.3 is 0 Å². The molecule has 2 fully saturated rings. The highest BCUT2D eigenvalue weighted by atomic mass is 35.5. The summed E-state index contributed by atoms with van der Waals surface area (Å²) in [4.78, 5) is 24.7. The largest absolute Gasteiger partial charge is 0.379 e. The highest BCUT2D eigenvalue weighted by molar-refractivity contribution is 6.04. The van der Waals surface area contributed by atoms with Crippen LogP contribution in [0.15, 0.2) is 30.7 Å². The zero-order valence-corrected chi connectivity index (χ0v) is 23.9. The highest BCUT2D eigenvalue weighted by Gasteiger charge is 2.29. The van der Waals surface area contributed by atoms with Crippen LogP contribution in [0.25, 0.3) is 5.82 Å². The van der Waals surface area contributed by atoms with Gasteiger partial charge in [0.2, 0.25) is 0 Å². The second-order valence-electron chi connectivity index (χ2n) is 10.8. The van der Waals surface area contributed by atoms with Gasteiger partial charge in [0.25, 0.3) is 5.91 Å². The zero-order chi connectivity index (χ0) is 26.8. The Hall–Kier alpha value is -2.88. The van der Waals surface area contributed by atoms with E-state index >= 15 is 0 Å². The Kier molecular flexibility index (Phi) is 9.35. The van der Waals surface area contributed by atoms with E-state index in [4.69, 9.17) is 9.72 Å². The lowest BCUT2D eigenvalue weighted by molar-refractivity contribution is 0.00720. The van der Waals surface area contributed by atoms with Gasteiger partial charge in [0, 0.05) is 36.9 Å². The number of carbonyl (C=O) groups excluding carboxylic acids is 1. The topological polar surface area (TPSA) is 85.2 Å². The lowest BCUT2D eigenvalue weighted by Gasteiger charge is -2.38. The van der Waals surface area contributed by atoms with Gasteiger partial charge in [-0.05, 0) is 68.7 Å². The Morgan fingerprint density at radius 1 is 1.05 bits per heavy atom. The quantitative estimate of drug-likeness (QED) is 0.427. The molecule has 3 aromatic rings. The van der Waals surface area contributed by atoms with E-state index < -0.39 is 5.82 Å². The number of halogens is 2. The molecule has 3 aromatic heterocycles. The van der Waals surface area contributed by atoms with Crippen molar-refractivity contribution in [2.75, 3.05) is 31.6 Å². The first kappa shape index (κ1) is 29.1. The Balaban J connectivity index is 0.00000353. The third-order valence-corrected chi connectivity index (χ3v) is 7.99. The maximum atomic E-state index is 14.7. The summed E-state index contributed by atoms with van der Waals surface area (Å²) in [6.45, 7) is 11.5. The van der Waals surface area contributed by atoms with Crippen molar-refractivity contribution in [1.82, 2.24) is 24.6 Å². The van der Waals surface area contributed by atoms with Gasteiger partial charge < -0.3 is 10.1 Å². The molecule has 4 heterocycles. The minimum atomic E-state index is -0.469. The van der Waals surface area contributed by atoms with Crippen LogP contribution in [0.5, 0.6) is 0 Å². The van der Waals surface area contributed by atoms with Crippen molar-refractivity contribution >= 4 is 24.0 Å². The van der Waals surface area contributed by atoms with E-state index in [-0.39, 0.29) is 30.0 Å². The summed E-state index contributed by atoms with van der Waals surface area (Å²) in [6, 6.07) is 4.11. The van der Waals surface area contributed by atoms with Gasteiger partial charge in [0.15, 0.2) is 11.6 Å². The average Bonchev–Trinajstić information content (AvgIpc) is 3.30. The number of nitrogens with one attached hydrogen (secondary N) is 1. The number of aromatic nitrogens is 4. The molecule has 1 saturated carbocycles. The number of anilines is 1. The SMILES string of the molecule is Cc1cc(NC(=O)c2cnn(-c3ncc(C(C)C)cc3F)c2C)cnc1[C@H]1CC[C@H](N2CCOCC2)CC1.Cl. The first-order valence-corrected chi connectivity index (χ1v) is 13.6. The summed E-state index contributed by atoms with van der Waals surface area (Å²) in [7, 11) is 0. The smallest absolute Gasteiger partial charge is 0.259 e. The number of amides is 1. The number of hydrogen-bond donors (Lipinski definition) is 1. The van der Waals surface area contributed by atoms with Crippen LogP contribution in [0.4, 0.5) is 10.1 Å². The Bertz CT molecular complexity index is 1300. The molecule has 5 rings (SSSR count). The van der Waals surface area contributed by atoms with Crippen molar-refractivity contribution in [2.45, 2.75) is 71.3 Å². The average molecular weight is 557 g/mol. The summed E-state index contributed by atoms with van der Waals surface area (Å²) in [6.07, 6.45) is 9.45.